The molecule has 4 aromatic rings. The molecular formula is C26H21FN2O3. The van der Waals surface area contributed by atoms with Gasteiger partial charge in [-0.25, -0.2) is 4.39 Å². The lowest BCUT2D eigenvalue weighted by Gasteiger charge is -2.23. The smallest absolute Gasteiger partial charge is 0.264 e. The molecule has 1 aromatic heterocycles. The number of ketones is 1. The van der Waals surface area contributed by atoms with E-state index in [9.17, 15) is 19.1 Å². The van der Waals surface area contributed by atoms with Crippen LogP contribution >= 0.6 is 0 Å². The number of para-hydroxylation sites is 2. The van der Waals surface area contributed by atoms with Crippen molar-refractivity contribution in [1.29, 1.82) is 0 Å². The second kappa shape index (κ2) is 7.73. The number of rotatable bonds is 6. The number of halogens is 1. The summed E-state index contributed by atoms with van der Waals surface area (Å²) in [6.45, 7) is 0.341. The summed E-state index contributed by atoms with van der Waals surface area (Å²) in [5.41, 5.74) is 0.848. The normalized spacial score (nSPS) is 17.7. The van der Waals surface area contributed by atoms with Crippen LogP contribution in [0.25, 0.3) is 10.9 Å². The number of aliphatic hydroxyl groups is 1. The maximum Gasteiger partial charge on any atom is 0.264 e. The molecule has 0 bridgehead atoms. The van der Waals surface area contributed by atoms with Gasteiger partial charge in [0.1, 0.15) is 5.82 Å². The molecule has 32 heavy (non-hydrogen) atoms. The number of hydrogen-bond acceptors (Lipinski definition) is 3. The zero-order chi connectivity index (χ0) is 22.3. The molecule has 6 heteroatoms. The molecule has 5 nitrogen and oxygen atoms in total. The van der Waals surface area contributed by atoms with Crippen molar-refractivity contribution >= 4 is 28.3 Å². The molecule has 1 aliphatic rings. The van der Waals surface area contributed by atoms with Crippen LogP contribution in [0.2, 0.25) is 0 Å². The van der Waals surface area contributed by atoms with E-state index in [1.165, 1.54) is 23.1 Å². The van der Waals surface area contributed by atoms with Crippen LogP contribution < -0.4 is 4.90 Å². The van der Waals surface area contributed by atoms with Crippen LogP contribution in [0.3, 0.4) is 0 Å². The minimum Gasteiger partial charge on any atom is -0.375 e. The number of fused-ring (bicyclic) bond motifs is 2. The summed E-state index contributed by atoms with van der Waals surface area (Å²) in [5, 5.41) is 12.5. The van der Waals surface area contributed by atoms with Crippen LogP contribution in [0.1, 0.15) is 27.9 Å². The van der Waals surface area contributed by atoms with Crippen LogP contribution in [0.4, 0.5) is 10.1 Å². The van der Waals surface area contributed by atoms with Crippen molar-refractivity contribution in [2.75, 3.05) is 11.4 Å². The maximum atomic E-state index is 14.1. The van der Waals surface area contributed by atoms with Crippen molar-refractivity contribution in [3.8, 4) is 0 Å². The van der Waals surface area contributed by atoms with Gasteiger partial charge in [-0.1, -0.05) is 48.5 Å². The van der Waals surface area contributed by atoms with E-state index in [2.05, 4.69) is 4.98 Å². The Balaban J connectivity index is 1.44. The molecular weight excluding hydrogens is 407 g/mol. The monoisotopic (exact) mass is 428 g/mol. The van der Waals surface area contributed by atoms with Gasteiger partial charge in [-0.3, -0.25) is 9.59 Å². The highest BCUT2D eigenvalue weighted by Gasteiger charge is 2.50. The highest BCUT2D eigenvalue weighted by molar-refractivity contribution is 6.10. The number of benzene rings is 3. The van der Waals surface area contributed by atoms with Crippen LogP contribution in [-0.4, -0.2) is 28.3 Å². The minimum atomic E-state index is -2.03. The molecule has 0 fully saturated rings. The topological polar surface area (TPSA) is 73.4 Å². The SMILES string of the molecule is O=C(CC1(O)C(=O)N(CCc2c[nH]c3ccccc23)c2ccccc21)c1ccccc1F. The van der Waals surface area contributed by atoms with Crippen molar-refractivity contribution in [3.05, 3.63) is 102 Å². The lowest BCUT2D eigenvalue weighted by Crippen LogP contribution is -2.42. The first-order valence-electron chi connectivity index (χ1n) is 10.5. The molecule has 0 spiro atoms. The molecule has 160 valence electrons. The summed E-state index contributed by atoms with van der Waals surface area (Å²) >= 11 is 0. The van der Waals surface area contributed by atoms with E-state index in [0.29, 0.717) is 24.2 Å². The number of aromatic nitrogens is 1. The number of amides is 1. The Morgan fingerprint density at radius 2 is 1.72 bits per heavy atom. The third-order valence-electron chi connectivity index (χ3n) is 6.11. The van der Waals surface area contributed by atoms with Crippen LogP contribution in [0, 0.1) is 5.82 Å². The quantitative estimate of drug-likeness (QED) is 0.448. The minimum absolute atomic E-state index is 0.136. The van der Waals surface area contributed by atoms with E-state index in [4.69, 9.17) is 0 Å². The number of H-pyrrole nitrogens is 1. The summed E-state index contributed by atoms with van der Waals surface area (Å²) < 4.78 is 14.1. The molecule has 1 aliphatic heterocycles. The fraction of sp³-hybridized carbons (Fsp3) is 0.154. The van der Waals surface area contributed by atoms with Gasteiger partial charge >= 0.3 is 0 Å². The van der Waals surface area contributed by atoms with E-state index >= 15 is 0 Å². The average molecular weight is 428 g/mol. The molecule has 3 aromatic carbocycles. The van der Waals surface area contributed by atoms with Gasteiger partial charge in [0.25, 0.3) is 5.91 Å². The van der Waals surface area contributed by atoms with Crippen LogP contribution in [0.5, 0.6) is 0 Å². The number of nitrogens with one attached hydrogen (secondary N) is 1. The molecule has 2 heterocycles. The lowest BCUT2D eigenvalue weighted by atomic mass is 9.88. The number of carbonyl (C=O) groups is 2. The second-order valence-electron chi connectivity index (χ2n) is 8.02. The Morgan fingerprint density at radius 3 is 2.56 bits per heavy atom. The Kier molecular flexibility index (Phi) is 4.87. The summed E-state index contributed by atoms with van der Waals surface area (Å²) in [7, 11) is 0. The van der Waals surface area contributed by atoms with Gasteiger partial charge in [0.15, 0.2) is 11.4 Å². The largest absolute Gasteiger partial charge is 0.375 e. The summed E-state index contributed by atoms with van der Waals surface area (Å²) in [5.74, 6) is -1.86. The Labute approximate surface area is 184 Å². The van der Waals surface area contributed by atoms with Crippen molar-refractivity contribution in [3.63, 3.8) is 0 Å². The van der Waals surface area contributed by atoms with Gasteiger partial charge in [0, 0.05) is 29.2 Å². The number of hydrogen-bond donors (Lipinski definition) is 2. The highest BCUT2D eigenvalue weighted by atomic mass is 19.1. The standard InChI is InChI=1S/C26H21FN2O3/c27-21-10-4-1-8-19(21)24(30)15-26(32)20-9-3-6-12-23(20)29(25(26)31)14-13-17-16-28-22-11-5-2-7-18(17)22/h1-12,16,28,32H,13-15H2. The lowest BCUT2D eigenvalue weighted by molar-refractivity contribution is -0.135. The van der Waals surface area contributed by atoms with Crippen molar-refractivity contribution < 1.29 is 19.1 Å². The van der Waals surface area contributed by atoms with Gasteiger partial charge < -0.3 is 15.0 Å². The van der Waals surface area contributed by atoms with E-state index in [-0.39, 0.29) is 5.56 Å². The molecule has 2 N–H and O–H groups in total. The molecule has 0 aliphatic carbocycles. The van der Waals surface area contributed by atoms with Crippen molar-refractivity contribution in [1.82, 2.24) is 4.98 Å². The fourth-order valence-electron chi connectivity index (χ4n) is 4.49. The Morgan fingerprint density at radius 1 is 1.00 bits per heavy atom. The van der Waals surface area contributed by atoms with Gasteiger partial charge in [0.2, 0.25) is 0 Å². The van der Waals surface area contributed by atoms with E-state index < -0.39 is 29.5 Å². The van der Waals surface area contributed by atoms with Crippen molar-refractivity contribution in [2.45, 2.75) is 18.4 Å². The van der Waals surface area contributed by atoms with Crippen molar-refractivity contribution in [2.24, 2.45) is 0 Å². The average Bonchev–Trinajstić information content (AvgIpc) is 3.30. The Hall–Kier alpha value is -3.77. The molecule has 1 atom stereocenters. The van der Waals surface area contributed by atoms with E-state index in [0.717, 1.165) is 16.5 Å². The summed E-state index contributed by atoms with van der Waals surface area (Å²) in [4.78, 5) is 30.9. The number of carbonyl (C=O) groups excluding carboxylic acids is 2. The number of nitrogens with zero attached hydrogens (tertiary/aromatic N) is 1. The molecule has 1 amide bonds. The van der Waals surface area contributed by atoms with E-state index in [1.807, 2.05) is 30.5 Å². The highest BCUT2D eigenvalue weighted by Crippen LogP contribution is 2.43. The number of Topliss-reactive ketones (excluding diaryl/α,β-unsaturated/α-hetero) is 1. The van der Waals surface area contributed by atoms with Crippen LogP contribution in [0.15, 0.2) is 79.0 Å². The zero-order valence-electron chi connectivity index (χ0n) is 17.2. The molecule has 0 saturated heterocycles. The number of anilines is 1. The third-order valence-corrected chi connectivity index (χ3v) is 6.11. The number of aromatic amines is 1. The van der Waals surface area contributed by atoms with Gasteiger partial charge in [-0.2, -0.15) is 0 Å². The molecule has 0 radical (unpaired) electrons. The Bertz CT molecular complexity index is 1350. The molecule has 0 saturated carbocycles. The molecule has 5 rings (SSSR count). The van der Waals surface area contributed by atoms with Crippen LogP contribution in [-0.2, 0) is 16.8 Å². The zero-order valence-corrected chi connectivity index (χ0v) is 17.2. The van der Waals surface area contributed by atoms with Gasteiger partial charge in [-0.15, -0.1) is 0 Å². The first-order chi connectivity index (χ1) is 15.5. The maximum absolute atomic E-state index is 14.1. The second-order valence-corrected chi connectivity index (χ2v) is 8.02. The first kappa shape index (κ1) is 20.2. The predicted molar refractivity (Wildman–Crippen MR) is 120 cm³/mol. The van der Waals surface area contributed by atoms with Gasteiger partial charge in [-0.05, 0) is 36.2 Å². The predicted octanol–water partition coefficient (Wildman–Crippen LogP) is 4.36. The summed E-state index contributed by atoms with van der Waals surface area (Å²) in [6, 6.07) is 20.4. The third kappa shape index (κ3) is 3.20. The summed E-state index contributed by atoms with van der Waals surface area (Å²) in [6.07, 6.45) is 1.97. The molecule has 1 unspecified atom stereocenters. The van der Waals surface area contributed by atoms with Gasteiger partial charge in [0.05, 0.1) is 17.7 Å². The first-order valence-corrected chi connectivity index (χ1v) is 10.5. The fourth-order valence-corrected chi connectivity index (χ4v) is 4.49. The van der Waals surface area contributed by atoms with E-state index in [1.54, 1.807) is 30.3 Å².